The molecule has 0 radical (unpaired) electrons. The molecule has 3 rings (SSSR count). The Balaban J connectivity index is 1.71. The van der Waals surface area contributed by atoms with Crippen molar-refractivity contribution in [2.75, 3.05) is 0 Å². The SMILES string of the molecule is O=C(O)C1C2CCC(C2)C1NCc1cc(F)ccc1Cl. The highest BCUT2D eigenvalue weighted by Gasteiger charge is 2.50. The summed E-state index contributed by atoms with van der Waals surface area (Å²) >= 11 is 6.04. The Morgan fingerprint density at radius 1 is 1.40 bits per heavy atom. The third kappa shape index (κ3) is 2.42. The Hall–Kier alpha value is -1.13. The van der Waals surface area contributed by atoms with Crippen molar-refractivity contribution in [3.8, 4) is 0 Å². The Morgan fingerprint density at radius 2 is 2.15 bits per heavy atom. The predicted molar refractivity (Wildman–Crippen MR) is 74.0 cm³/mol. The van der Waals surface area contributed by atoms with Crippen molar-refractivity contribution in [1.29, 1.82) is 0 Å². The summed E-state index contributed by atoms with van der Waals surface area (Å²) < 4.78 is 13.2. The van der Waals surface area contributed by atoms with E-state index in [1.54, 1.807) is 0 Å². The minimum atomic E-state index is -0.722. The summed E-state index contributed by atoms with van der Waals surface area (Å²) in [5.41, 5.74) is 0.679. The first-order valence-electron chi connectivity index (χ1n) is 6.96. The molecule has 0 amide bonds. The van der Waals surface area contributed by atoms with Gasteiger partial charge in [0.15, 0.2) is 0 Å². The van der Waals surface area contributed by atoms with Gasteiger partial charge in [-0.2, -0.15) is 0 Å². The van der Waals surface area contributed by atoms with Crippen LogP contribution in [0, 0.1) is 23.6 Å². The van der Waals surface area contributed by atoms with E-state index in [1.165, 1.54) is 18.2 Å². The Bertz CT molecular complexity index is 537. The van der Waals surface area contributed by atoms with Gasteiger partial charge in [-0.15, -0.1) is 0 Å². The van der Waals surface area contributed by atoms with Crippen molar-refractivity contribution in [2.24, 2.45) is 17.8 Å². The summed E-state index contributed by atoms with van der Waals surface area (Å²) in [5.74, 6) is -0.651. The van der Waals surface area contributed by atoms with Gasteiger partial charge in [0.25, 0.3) is 0 Å². The van der Waals surface area contributed by atoms with E-state index >= 15 is 0 Å². The topological polar surface area (TPSA) is 49.3 Å². The van der Waals surface area contributed by atoms with E-state index in [0.717, 1.165) is 19.3 Å². The number of halogens is 2. The molecule has 1 aromatic carbocycles. The van der Waals surface area contributed by atoms with Gasteiger partial charge >= 0.3 is 5.97 Å². The van der Waals surface area contributed by atoms with Gasteiger partial charge < -0.3 is 10.4 Å². The van der Waals surface area contributed by atoms with Gasteiger partial charge in [-0.05, 0) is 54.9 Å². The second kappa shape index (κ2) is 5.34. The van der Waals surface area contributed by atoms with E-state index in [0.29, 0.717) is 23.0 Å². The lowest BCUT2D eigenvalue weighted by atomic mass is 9.84. The molecule has 0 heterocycles. The molecule has 0 saturated heterocycles. The van der Waals surface area contributed by atoms with Crippen LogP contribution in [0.4, 0.5) is 4.39 Å². The lowest BCUT2D eigenvalue weighted by Gasteiger charge is -2.29. The molecule has 4 atom stereocenters. The second-order valence-corrected chi connectivity index (χ2v) is 6.25. The quantitative estimate of drug-likeness (QED) is 0.898. The van der Waals surface area contributed by atoms with E-state index in [-0.39, 0.29) is 23.7 Å². The normalized spacial score (nSPS) is 31.7. The van der Waals surface area contributed by atoms with Gasteiger partial charge in [-0.3, -0.25) is 4.79 Å². The van der Waals surface area contributed by atoms with Crippen LogP contribution >= 0.6 is 11.6 Å². The van der Waals surface area contributed by atoms with Crippen LogP contribution in [0.5, 0.6) is 0 Å². The largest absolute Gasteiger partial charge is 0.481 e. The number of nitrogens with one attached hydrogen (secondary N) is 1. The van der Waals surface area contributed by atoms with Crippen LogP contribution in [-0.4, -0.2) is 17.1 Å². The molecule has 20 heavy (non-hydrogen) atoms. The molecule has 1 aromatic rings. The zero-order valence-corrected chi connectivity index (χ0v) is 11.7. The number of carboxylic acids is 1. The van der Waals surface area contributed by atoms with Crippen molar-refractivity contribution in [1.82, 2.24) is 5.32 Å². The van der Waals surface area contributed by atoms with Crippen molar-refractivity contribution in [2.45, 2.75) is 31.8 Å². The molecule has 5 heteroatoms. The van der Waals surface area contributed by atoms with Gasteiger partial charge in [-0.25, -0.2) is 4.39 Å². The van der Waals surface area contributed by atoms with Gasteiger partial charge in [-0.1, -0.05) is 11.6 Å². The summed E-state index contributed by atoms with van der Waals surface area (Å²) in [7, 11) is 0. The third-order valence-corrected chi connectivity index (χ3v) is 5.11. The standard InChI is InChI=1S/C15H17ClFNO2/c16-12-4-3-11(17)6-10(12)7-18-14-9-2-1-8(5-9)13(14)15(19)20/h3-4,6,8-9,13-14,18H,1-2,5,7H2,(H,19,20). The van der Waals surface area contributed by atoms with Crippen LogP contribution in [0.3, 0.4) is 0 Å². The molecule has 0 aliphatic heterocycles. The van der Waals surface area contributed by atoms with Gasteiger partial charge in [0.2, 0.25) is 0 Å². The monoisotopic (exact) mass is 297 g/mol. The molecule has 2 N–H and O–H groups in total. The zero-order chi connectivity index (χ0) is 14.3. The zero-order valence-electron chi connectivity index (χ0n) is 11.0. The highest BCUT2D eigenvalue weighted by Crippen LogP contribution is 2.48. The van der Waals surface area contributed by atoms with E-state index in [4.69, 9.17) is 11.6 Å². The van der Waals surface area contributed by atoms with E-state index in [2.05, 4.69) is 5.32 Å². The molecule has 4 unspecified atom stereocenters. The Labute approximate surface area is 122 Å². The van der Waals surface area contributed by atoms with E-state index in [9.17, 15) is 14.3 Å². The lowest BCUT2D eigenvalue weighted by molar-refractivity contribution is -0.144. The maximum atomic E-state index is 13.2. The molecule has 2 bridgehead atoms. The summed E-state index contributed by atoms with van der Waals surface area (Å²) in [4.78, 5) is 11.4. The van der Waals surface area contributed by atoms with Crippen molar-refractivity contribution >= 4 is 17.6 Å². The first-order chi connectivity index (χ1) is 9.56. The first kappa shape index (κ1) is 13.8. The summed E-state index contributed by atoms with van der Waals surface area (Å²) in [5, 5.41) is 13.2. The molecule has 2 aliphatic rings. The van der Waals surface area contributed by atoms with Crippen LogP contribution in [0.25, 0.3) is 0 Å². The maximum absolute atomic E-state index is 13.2. The van der Waals surface area contributed by atoms with E-state index in [1.807, 2.05) is 0 Å². The van der Waals surface area contributed by atoms with Gasteiger partial charge in [0, 0.05) is 17.6 Å². The number of rotatable bonds is 4. The Morgan fingerprint density at radius 3 is 2.90 bits per heavy atom. The molecule has 3 nitrogen and oxygen atoms in total. The predicted octanol–water partition coefficient (Wildman–Crippen LogP) is 3.07. The number of fused-ring (bicyclic) bond motifs is 2. The minimum Gasteiger partial charge on any atom is -0.481 e. The molecule has 2 aliphatic carbocycles. The summed E-state index contributed by atoms with van der Waals surface area (Å²) in [6.07, 6.45) is 3.09. The molecule has 0 aromatic heterocycles. The van der Waals surface area contributed by atoms with E-state index < -0.39 is 5.97 Å². The molecular formula is C15H17ClFNO2. The Kier molecular flexibility index (Phi) is 3.69. The second-order valence-electron chi connectivity index (χ2n) is 5.84. The van der Waals surface area contributed by atoms with Gasteiger partial charge in [0.1, 0.15) is 5.82 Å². The number of carbonyl (C=O) groups is 1. The fourth-order valence-electron chi connectivity index (χ4n) is 3.85. The number of carboxylic acid groups (broad SMARTS) is 1. The van der Waals surface area contributed by atoms with Crippen LogP contribution < -0.4 is 5.32 Å². The smallest absolute Gasteiger partial charge is 0.308 e. The van der Waals surface area contributed by atoms with Crippen molar-refractivity contribution in [3.05, 3.63) is 34.6 Å². The number of benzene rings is 1. The molecule has 108 valence electrons. The van der Waals surface area contributed by atoms with Crippen LogP contribution in [0.2, 0.25) is 5.02 Å². The molecule has 0 spiro atoms. The van der Waals surface area contributed by atoms with Crippen LogP contribution in [0.15, 0.2) is 18.2 Å². The molecule has 2 saturated carbocycles. The number of hydrogen-bond donors (Lipinski definition) is 2. The first-order valence-corrected chi connectivity index (χ1v) is 7.34. The summed E-state index contributed by atoms with van der Waals surface area (Å²) in [6, 6.07) is 4.23. The maximum Gasteiger partial charge on any atom is 0.308 e. The fraction of sp³-hybridized carbons (Fsp3) is 0.533. The van der Waals surface area contributed by atoms with Crippen LogP contribution in [-0.2, 0) is 11.3 Å². The van der Waals surface area contributed by atoms with Crippen molar-refractivity contribution < 1.29 is 14.3 Å². The third-order valence-electron chi connectivity index (χ3n) is 4.74. The highest BCUT2D eigenvalue weighted by molar-refractivity contribution is 6.31. The fourth-order valence-corrected chi connectivity index (χ4v) is 4.03. The van der Waals surface area contributed by atoms with Crippen molar-refractivity contribution in [3.63, 3.8) is 0 Å². The molecular weight excluding hydrogens is 281 g/mol. The van der Waals surface area contributed by atoms with Gasteiger partial charge in [0.05, 0.1) is 5.92 Å². The highest BCUT2D eigenvalue weighted by atomic mass is 35.5. The average Bonchev–Trinajstić information content (AvgIpc) is 3.00. The number of aliphatic carboxylic acids is 1. The lowest BCUT2D eigenvalue weighted by Crippen LogP contribution is -2.43. The average molecular weight is 298 g/mol. The molecule has 2 fully saturated rings. The van der Waals surface area contributed by atoms with Crippen LogP contribution in [0.1, 0.15) is 24.8 Å². The summed E-state index contributed by atoms with van der Waals surface area (Å²) in [6.45, 7) is 0.411. The number of hydrogen-bond acceptors (Lipinski definition) is 2. The minimum absolute atomic E-state index is 0.0226.